The quantitative estimate of drug-likeness (QED) is 0.808. The molecular formula is C14H10F2O5S. The molecule has 1 heterocycles. The number of para-hydroxylation sites is 1. The summed E-state index contributed by atoms with van der Waals surface area (Å²) in [4.78, 5) is -0.0231. The Morgan fingerprint density at radius 2 is 1.73 bits per heavy atom. The second-order valence-corrected chi connectivity index (χ2v) is 6.06. The number of alkyl halides is 2. The zero-order chi connectivity index (χ0) is 15.8. The standard InChI is InChI=1S/C14H10F2O5S/c15-14(16)20-12-8-4-5-10(13(12)21-14)9-19-22(17,18)11-6-2-1-3-7-11/h1-8H,9H2. The van der Waals surface area contributed by atoms with Gasteiger partial charge in [0.25, 0.3) is 10.1 Å². The summed E-state index contributed by atoms with van der Waals surface area (Å²) in [6, 6.07) is 11.7. The van der Waals surface area contributed by atoms with Crippen LogP contribution in [0, 0.1) is 0 Å². The summed E-state index contributed by atoms with van der Waals surface area (Å²) < 4.78 is 63.6. The zero-order valence-corrected chi connectivity index (χ0v) is 11.8. The topological polar surface area (TPSA) is 61.8 Å². The van der Waals surface area contributed by atoms with Gasteiger partial charge in [0.2, 0.25) is 0 Å². The largest absolute Gasteiger partial charge is 0.586 e. The summed E-state index contributed by atoms with van der Waals surface area (Å²) in [5, 5.41) is 0. The first kappa shape index (κ1) is 14.7. The number of rotatable bonds is 4. The van der Waals surface area contributed by atoms with Crippen LogP contribution < -0.4 is 9.47 Å². The number of hydrogen-bond acceptors (Lipinski definition) is 5. The lowest BCUT2D eigenvalue weighted by molar-refractivity contribution is -0.287. The van der Waals surface area contributed by atoms with E-state index in [0.29, 0.717) is 0 Å². The van der Waals surface area contributed by atoms with Crippen LogP contribution in [-0.4, -0.2) is 14.7 Å². The number of benzene rings is 2. The maximum absolute atomic E-state index is 13.1. The minimum Gasteiger partial charge on any atom is -0.395 e. The van der Waals surface area contributed by atoms with E-state index in [1.807, 2.05) is 0 Å². The predicted molar refractivity (Wildman–Crippen MR) is 71.1 cm³/mol. The molecule has 0 radical (unpaired) electrons. The minimum atomic E-state index is -3.99. The van der Waals surface area contributed by atoms with Crippen molar-refractivity contribution < 1.29 is 30.9 Å². The highest BCUT2D eigenvalue weighted by molar-refractivity contribution is 7.86. The molecule has 0 spiro atoms. The first-order valence-electron chi connectivity index (χ1n) is 6.20. The fraction of sp³-hybridized carbons (Fsp3) is 0.143. The summed E-state index contributed by atoms with van der Waals surface area (Å²) in [5.41, 5.74) is 0.147. The Balaban J connectivity index is 1.81. The van der Waals surface area contributed by atoms with Gasteiger partial charge in [-0.3, -0.25) is 4.18 Å². The summed E-state index contributed by atoms with van der Waals surface area (Å²) in [5.74, 6) is -0.390. The van der Waals surface area contributed by atoms with Crippen molar-refractivity contribution >= 4 is 10.1 Å². The molecule has 22 heavy (non-hydrogen) atoms. The average molecular weight is 328 g/mol. The van der Waals surface area contributed by atoms with Gasteiger partial charge in [0, 0.05) is 5.56 Å². The van der Waals surface area contributed by atoms with E-state index in [9.17, 15) is 17.2 Å². The first-order valence-corrected chi connectivity index (χ1v) is 7.60. The molecule has 3 rings (SSSR count). The SMILES string of the molecule is O=S(=O)(OCc1cccc2c1OC(F)(F)O2)c1ccccc1. The van der Waals surface area contributed by atoms with Crippen molar-refractivity contribution in [3.8, 4) is 11.5 Å². The molecule has 2 aromatic rings. The highest BCUT2D eigenvalue weighted by atomic mass is 32.2. The maximum Gasteiger partial charge on any atom is 0.586 e. The third kappa shape index (κ3) is 2.88. The van der Waals surface area contributed by atoms with E-state index in [1.165, 1.54) is 30.3 Å². The molecular weight excluding hydrogens is 318 g/mol. The molecule has 0 atom stereocenters. The monoisotopic (exact) mass is 328 g/mol. The number of hydrogen-bond donors (Lipinski definition) is 0. The van der Waals surface area contributed by atoms with Crippen LogP contribution in [0.1, 0.15) is 5.56 Å². The molecule has 116 valence electrons. The molecule has 1 aliphatic heterocycles. The molecule has 0 unspecified atom stereocenters. The van der Waals surface area contributed by atoms with Crippen LogP contribution in [0.3, 0.4) is 0 Å². The van der Waals surface area contributed by atoms with Crippen molar-refractivity contribution in [1.29, 1.82) is 0 Å². The van der Waals surface area contributed by atoms with Crippen molar-refractivity contribution in [3.63, 3.8) is 0 Å². The van der Waals surface area contributed by atoms with Gasteiger partial charge < -0.3 is 9.47 Å². The second kappa shape index (κ2) is 5.22. The van der Waals surface area contributed by atoms with Crippen molar-refractivity contribution in [2.75, 3.05) is 0 Å². The van der Waals surface area contributed by atoms with E-state index < -0.39 is 23.0 Å². The number of halogens is 2. The van der Waals surface area contributed by atoms with Gasteiger partial charge in [-0.15, -0.1) is 8.78 Å². The Labute approximate surface area is 125 Å². The molecule has 0 aliphatic carbocycles. The van der Waals surface area contributed by atoms with Crippen LogP contribution in [0.25, 0.3) is 0 Å². The zero-order valence-electron chi connectivity index (χ0n) is 11.0. The van der Waals surface area contributed by atoms with Gasteiger partial charge in [-0.25, -0.2) is 0 Å². The normalized spacial score (nSPS) is 15.7. The van der Waals surface area contributed by atoms with Crippen LogP contribution in [-0.2, 0) is 20.9 Å². The van der Waals surface area contributed by atoms with E-state index >= 15 is 0 Å². The van der Waals surface area contributed by atoms with Gasteiger partial charge in [-0.05, 0) is 18.2 Å². The van der Waals surface area contributed by atoms with E-state index in [2.05, 4.69) is 9.47 Å². The number of fused-ring (bicyclic) bond motifs is 1. The number of ether oxygens (including phenoxy) is 2. The van der Waals surface area contributed by atoms with Crippen LogP contribution in [0.2, 0.25) is 0 Å². The molecule has 0 aromatic heterocycles. The maximum atomic E-state index is 13.1. The van der Waals surface area contributed by atoms with Gasteiger partial charge in [-0.1, -0.05) is 30.3 Å². The highest BCUT2D eigenvalue weighted by Gasteiger charge is 2.44. The van der Waals surface area contributed by atoms with E-state index in [-0.39, 0.29) is 22.0 Å². The molecule has 2 aromatic carbocycles. The molecule has 1 aliphatic rings. The molecule has 8 heteroatoms. The van der Waals surface area contributed by atoms with Crippen molar-refractivity contribution in [1.82, 2.24) is 0 Å². The Morgan fingerprint density at radius 3 is 2.45 bits per heavy atom. The molecule has 0 saturated heterocycles. The van der Waals surface area contributed by atoms with Crippen LogP contribution in [0.15, 0.2) is 53.4 Å². The second-order valence-electron chi connectivity index (χ2n) is 4.44. The highest BCUT2D eigenvalue weighted by Crippen LogP contribution is 2.43. The fourth-order valence-corrected chi connectivity index (χ4v) is 2.84. The summed E-state index contributed by atoms with van der Waals surface area (Å²) in [6.45, 7) is -0.445. The molecule has 0 saturated carbocycles. The van der Waals surface area contributed by atoms with E-state index in [4.69, 9.17) is 4.18 Å². The van der Waals surface area contributed by atoms with Crippen LogP contribution >= 0.6 is 0 Å². The fourth-order valence-electron chi connectivity index (χ4n) is 1.94. The molecule has 5 nitrogen and oxygen atoms in total. The van der Waals surface area contributed by atoms with Crippen molar-refractivity contribution in [2.45, 2.75) is 17.8 Å². The van der Waals surface area contributed by atoms with Gasteiger partial charge >= 0.3 is 6.29 Å². The van der Waals surface area contributed by atoms with Crippen molar-refractivity contribution in [2.24, 2.45) is 0 Å². The van der Waals surface area contributed by atoms with Gasteiger partial charge in [0.05, 0.1) is 11.5 Å². The van der Waals surface area contributed by atoms with Gasteiger partial charge in [-0.2, -0.15) is 8.42 Å². The summed E-state index contributed by atoms with van der Waals surface area (Å²) >= 11 is 0. The molecule has 0 bridgehead atoms. The minimum absolute atomic E-state index is 0.0231. The summed E-state index contributed by atoms with van der Waals surface area (Å²) in [6.07, 6.45) is -3.77. The first-order chi connectivity index (χ1) is 10.4. The van der Waals surface area contributed by atoms with Crippen LogP contribution in [0.4, 0.5) is 8.78 Å². The molecule has 0 fully saturated rings. The molecule has 0 N–H and O–H groups in total. The van der Waals surface area contributed by atoms with E-state index in [1.54, 1.807) is 18.2 Å². The third-order valence-electron chi connectivity index (χ3n) is 2.91. The Hall–Kier alpha value is -2.19. The Kier molecular flexibility index (Phi) is 3.50. The lowest BCUT2D eigenvalue weighted by atomic mass is 10.2. The Bertz CT molecular complexity index is 790. The third-order valence-corrected chi connectivity index (χ3v) is 4.19. The lowest BCUT2D eigenvalue weighted by Crippen LogP contribution is -2.26. The molecule has 0 amide bonds. The smallest absolute Gasteiger partial charge is 0.395 e. The van der Waals surface area contributed by atoms with Gasteiger partial charge in [0.1, 0.15) is 0 Å². The lowest BCUT2D eigenvalue weighted by Gasteiger charge is -2.08. The average Bonchev–Trinajstić information content (AvgIpc) is 2.80. The van der Waals surface area contributed by atoms with Gasteiger partial charge in [0.15, 0.2) is 11.5 Å². The van der Waals surface area contributed by atoms with Crippen LogP contribution in [0.5, 0.6) is 11.5 Å². The summed E-state index contributed by atoms with van der Waals surface area (Å²) in [7, 11) is -3.99. The predicted octanol–water partition coefficient (Wildman–Crippen LogP) is 2.91. The van der Waals surface area contributed by atoms with Crippen molar-refractivity contribution in [3.05, 3.63) is 54.1 Å². The van der Waals surface area contributed by atoms with E-state index in [0.717, 1.165) is 0 Å². The Morgan fingerprint density at radius 1 is 1.00 bits per heavy atom.